The second kappa shape index (κ2) is 19.6. The molecule has 0 aromatic heterocycles. The lowest BCUT2D eigenvalue weighted by atomic mass is 9.20. The summed E-state index contributed by atoms with van der Waals surface area (Å²) in [7, 11) is 0. The summed E-state index contributed by atoms with van der Waals surface area (Å²) < 4.78 is 6.72. The van der Waals surface area contributed by atoms with Gasteiger partial charge in [-0.1, -0.05) is 268 Å². The highest BCUT2D eigenvalue weighted by atomic mass is 16.5. The van der Waals surface area contributed by atoms with Crippen LogP contribution in [0.2, 0.25) is 0 Å². The standard InChI is InChI=1S/C73H73B2NO/c1-44(2)52-39-55(46(5)6)71(56(40-52)47(7)8)74-63-30-17-18-31-64(63)75(72-57(48(9)10)41-53(45(3)4)42-58(72)49(11)12)66-43-51(36-37-65(66)74)50-24-23-25-54(38-50)76-67-32-19-13-26-59(67)73(60-27-14-20-33-68(60)76)61-28-15-21-34-69(61)77-70-35-22-16-29-62(70)73/h13-49H,1-12H3. The summed E-state index contributed by atoms with van der Waals surface area (Å²) in [5.74, 6) is 4.06. The number of rotatable bonds is 10. The van der Waals surface area contributed by atoms with Gasteiger partial charge in [-0.15, -0.1) is 0 Å². The summed E-state index contributed by atoms with van der Waals surface area (Å²) in [5, 5.41) is 0. The van der Waals surface area contributed by atoms with Gasteiger partial charge in [-0.25, -0.2) is 0 Å². The lowest BCUT2D eigenvalue weighted by molar-refractivity contribution is 0.434. The minimum Gasteiger partial charge on any atom is -0.457 e. The summed E-state index contributed by atoms with van der Waals surface area (Å²) in [6, 6.07) is 72.1. The molecular formula is C73H73B2NO. The maximum absolute atomic E-state index is 6.72. The third-order valence-corrected chi connectivity index (χ3v) is 17.6. The molecule has 0 aliphatic carbocycles. The molecular weight excluding hydrogens is 928 g/mol. The molecule has 4 heteroatoms. The molecule has 3 heterocycles. The van der Waals surface area contributed by atoms with Gasteiger partial charge in [0.1, 0.15) is 11.5 Å². The second-order valence-corrected chi connectivity index (χ2v) is 24.3. The maximum atomic E-state index is 6.72. The van der Waals surface area contributed by atoms with Gasteiger partial charge in [-0.3, -0.25) is 0 Å². The molecule has 12 rings (SSSR count). The number of para-hydroxylation sites is 4. The van der Waals surface area contributed by atoms with E-state index in [0.717, 1.165) is 39.7 Å². The summed E-state index contributed by atoms with van der Waals surface area (Å²) in [6.45, 7) is 28.8. The molecule has 0 unspecified atom stereocenters. The van der Waals surface area contributed by atoms with Gasteiger partial charge in [0.25, 0.3) is 0 Å². The number of anilines is 3. The fraction of sp³-hybridized carbons (Fsp3) is 0.260. The Morgan fingerprint density at radius 1 is 0.338 bits per heavy atom. The van der Waals surface area contributed by atoms with E-state index in [0.29, 0.717) is 35.5 Å². The van der Waals surface area contributed by atoms with Crippen LogP contribution in [-0.2, 0) is 5.41 Å². The Hall–Kier alpha value is -7.29. The summed E-state index contributed by atoms with van der Waals surface area (Å²) >= 11 is 0. The largest absolute Gasteiger partial charge is 0.457 e. The average Bonchev–Trinajstić information content (AvgIpc) is 3.46. The molecule has 382 valence electrons. The van der Waals surface area contributed by atoms with Crippen molar-refractivity contribution in [3.63, 3.8) is 0 Å². The Morgan fingerprint density at radius 2 is 0.727 bits per heavy atom. The molecule has 1 spiro atoms. The van der Waals surface area contributed by atoms with Crippen molar-refractivity contribution in [1.82, 2.24) is 0 Å². The van der Waals surface area contributed by atoms with E-state index in [-0.39, 0.29) is 13.4 Å². The minimum absolute atomic E-state index is 0.0406. The topological polar surface area (TPSA) is 12.5 Å². The summed E-state index contributed by atoms with van der Waals surface area (Å²) in [5.41, 5.74) is 27.6. The zero-order chi connectivity index (χ0) is 53.6. The van der Waals surface area contributed by atoms with Crippen LogP contribution in [0.25, 0.3) is 11.1 Å². The van der Waals surface area contributed by atoms with Crippen molar-refractivity contribution in [1.29, 1.82) is 0 Å². The fourth-order valence-corrected chi connectivity index (χ4v) is 13.9. The first-order valence-electron chi connectivity index (χ1n) is 28.7. The van der Waals surface area contributed by atoms with Crippen molar-refractivity contribution >= 4 is 63.3 Å². The molecule has 0 fully saturated rings. The molecule has 0 atom stereocenters. The SMILES string of the molecule is CC(C)c1cc(C(C)C)c(B2c3ccccc3B(c3c(C(C)C)cc(C(C)C)cc3C(C)C)c3cc(-c4cccc(N5c6ccccc6C6(c7ccccc7Oc7ccccc76)c6ccccc65)c4)ccc32)c(C(C)C)c1. The monoisotopic (exact) mass is 1000 g/mol. The number of hydrogen-bond donors (Lipinski definition) is 0. The van der Waals surface area contributed by atoms with Crippen LogP contribution in [0.4, 0.5) is 17.1 Å². The number of fused-ring (bicyclic) bond motifs is 10. The van der Waals surface area contributed by atoms with Gasteiger partial charge < -0.3 is 9.64 Å². The molecule has 0 radical (unpaired) electrons. The van der Waals surface area contributed by atoms with Crippen molar-refractivity contribution < 1.29 is 4.74 Å². The molecule has 9 aromatic carbocycles. The molecule has 0 saturated heterocycles. The Morgan fingerprint density at radius 3 is 1.18 bits per heavy atom. The minimum atomic E-state index is -0.593. The van der Waals surface area contributed by atoms with Crippen LogP contribution in [-0.4, -0.2) is 13.4 Å². The van der Waals surface area contributed by atoms with Crippen molar-refractivity contribution in [2.45, 2.75) is 124 Å². The van der Waals surface area contributed by atoms with E-state index in [1.165, 1.54) is 88.4 Å². The maximum Gasteiger partial charge on any atom is 0.240 e. The van der Waals surface area contributed by atoms with Crippen LogP contribution in [0, 0.1) is 0 Å². The molecule has 77 heavy (non-hydrogen) atoms. The highest BCUT2D eigenvalue weighted by molar-refractivity contribution is 7.11. The first kappa shape index (κ1) is 50.5. The molecule has 0 saturated carbocycles. The van der Waals surface area contributed by atoms with Gasteiger partial charge in [0.2, 0.25) is 13.4 Å². The van der Waals surface area contributed by atoms with Crippen LogP contribution in [0.15, 0.2) is 188 Å². The predicted octanol–water partition coefficient (Wildman–Crippen LogP) is 15.7. The van der Waals surface area contributed by atoms with E-state index in [1.807, 2.05) is 0 Å². The second-order valence-electron chi connectivity index (χ2n) is 24.3. The van der Waals surface area contributed by atoms with Gasteiger partial charge in [0.05, 0.1) is 16.8 Å². The average molecular weight is 1000 g/mol. The Balaban J connectivity index is 1.10. The van der Waals surface area contributed by atoms with Crippen LogP contribution < -0.4 is 42.4 Å². The highest BCUT2D eigenvalue weighted by Crippen LogP contribution is 2.62. The summed E-state index contributed by atoms with van der Waals surface area (Å²) in [4.78, 5) is 2.51. The molecule has 0 bridgehead atoms. The molecule has 0 amide bonds. The zero-order valence-electron chi connectivity index (χ0n) is 47.4. The third kappa shape index (κ3) is 8.07. The fourth-order valence-electron chi connectivity index (χ4n) is 13.9. The van der Waals surface area contributed by atoms with Crippen LogP contribution in [0.3, 0.4) is 0 Å². The Kier molecular flexibility index (Phi) is 12.9. The van der Waals surface area contributed by atoms with E-state index in [4.69, 9.17) is 4.74 Å². The number of hydrogen-bond acceptors (Lipinski definition) is 2. The lowest BCUT2D eigenvalue weighted by Crippen LogP contribution is -2.76. The highest BCUT2D eigenvalue weighted by Gasteiger charge is 2.51. The smallest absolute Gasteiger partial charge is 0.240 e. The number of benzene rings is 9. The Bertz CT molecular complexity index is 3590. The van der Waals surface area contributed by atoms with Crippen LogP contribution in [0.1, 0.15) is 174 Å². The van der Waals surface area contributed by atoms with Crippen molar-refractivity contribution in [2.75, 3.05) is 4.90 Å². The quantitative estimate of drug-likeness (QED) is 0.127. The normalized spacial score (nSPS) is 14.0. The van der Waals surface area contributed by atoms with E-state index in [9.17, 15) is 0 Å². The summed E-state index contributed by atoms with van der Waals surface area (Å²) in [6.07, 6.45) is 0. The molecule has 9 aromatic rings. The van der Waals surface area contributed by atoms with Crippen LogP contribution in [0.5, 0.6) is 11.5 Å². The predicted molar refractivity (Wildman–Crippen MR) is 332 cm³/mol. The molecule has 0 N–H and O–H groups in total. The molecule has 3 aliphatic rings. The van der Waals surface area contributed by atoms with E-state index >= 15 is 0 Å². The van der Waals surface area contributed by atoms with E-state index < -0.39 is 5.41 Å². The van der Waals surface area contributed by atoms with Gasteiger partial charge >= 0.3 is 0 Å². The number of ether oxygens (including phenoxy) is 1. The zero-order valence-corrected chi connectivity index (χ0v) is 47.4. The van der Waals surface area contributed by atoms with Gasteiger partial charge in [0, 0.05) is 16.8 Å². The Labute approximate surface area is 460 Å². The third-order valence-electron chi connectivity index (χ3n) is 17.6. The number of nitrogens with zero attached hydrogens (tertiary/aromatic N) is 1. The van der Waals surface area contributed by atoms with Crippen molar-refractivity contribution in [3.8, 4) is 22.6 Å². The first-order chi connectivity index (χ1) is 37.2. The van der Waals surface area contributed by atoms with Gasteiger partial charge in [-0.05, 0) is 128 Å². The molecule has 3 aliphatic heterocycles. The first-order valence-corrected chi connectivity index (χ1v) is 28.7. The van der Waals surface area contributed by atoms with Crippen molar-refractivity contribution in [2.24, 2.45) is 0 Å². The van der Waals surface area contributed by atoms with Crippen LogP contribution >= 0.6 is 0 Å². The van der Waals surface area contributed by atoms with Gasteiger partial charge in [-0.2, -0.15) is 0 Å². The van der Waals surface area contributed by atoms with E-state index in [2.05, 4.69) is 276 Å². The van der Waals surface area contributed by atoms with Gasteiger partial charge in [0.15, 0.2) is 0 Å². The lowest BCUT2D eigenvalue weighted by Gasteiger charge is -2.48. The van der Waals surface area contributed by atoms with Crippen molar-refractivity contribution in [3.05, 3.63) is 244 Å². The molecule has 2 nitrogen and oxygen atoms in total. The van der Waals surface area contributed by atoms with E-state index in [1.54, 1.807) is 0 Å².